The lowest BCUT2D eigenvalue weighted by atomic mass is 9.79. The van der Waals surface area contributed by atoms with Gasteiger partial charge in [-0.3, -0.25) is 9.59 Å². The van der Waals surface area contributed by atoms with E-state index >= 15 is 0 Å². The zero-order valence-corrected chi connectivity index (χ0v) is 22.6. The fourth-order valence-corrected chi connectivity index (χ4v) is 4.83. The van der Waals surface area contributed by atoms with Gasteiger partial charge in [0.15, 0.2) is 0 Å². The maximum atomic E-state index is 12.0. The number of hydrogen-bond acceptors (Lipinski definition) is 5. The van der Waals surface area contributed by atoms with Crippen molar-refractivity contribution in [3.8, 4) is 0 Å². The lowest BCUT2D eigenvalue weighted by Crippen LogP contribution is -2.36. The van der Waals surface area contributed by atoms with Crippen LogP contribution in [0.3, 0.4) is 0 Å². The molecule has 0 heterocycles. The fraction of sp³-hybridized carbons (Fsp3) is 0.857. The quantitative estimate of drug-likeness (QED) is 0.108. The van der Waals surface area contributed by atoms with Crippen molar-refractivity contribution < 1.29 is 14.7 Å². The second-order valence-electron chi connectivity index (χ2n) is 10.1. The van der Waals surface area contributed by atoms with E-state index < -0.39 is 5.97 Å². The molecule has 1 rings (SSSR count). The topological polar surface area (TPSA) is 102 Å². The van der Waals surface area contributed by atoms with Crippen molar-refractivity contribution in [1.82, 2.24) is 21.3 Å². The summed E-state index contributed by atoms with van der Waals surface area (Å²) in [6, 6.07) is 0. The third kappa shape index (κ3) is 17.6. The number of likely N-dealkylation sites (N-methyl/N-ethyl adjacent to an activating group) is 1. The molecule has 0 aliphatic heterocycles. The highest BCUT2D eigenvalue weighted by Crippen LogP contribution is 2.34. The van der Waals surface area contributed by atoms with Crippen LogP contribution in [0.4, 0.5) is 0 Å². The number of carbonyl (C=O) groups is 2. The van der Waals surface area contributed by atoms with Gasteiger partial charge in [0.2, 0.25) is 5.91 Å². The first-order valence-electron chi connectivity index (χ1n) is 14.3. The molecule has 0 bridgehead atoms. The second-order valence-corrected chi connectivity index (χ2v) is 10.1. The average Bonchev–Trinajstić information content (AvgIpc) is 2.85. The summed E-state index contributed by atoms with van der Waals surface area (Å²) in [5.74, 6) is -0.221. The molecule has 5 N–H and O–H groups in total. The molecule has 204 valence electrons. The van der Waals surface area contributed by atoms with Crippen LogP contribution in [0.2, 0.25) is 0 Å². The van der Waals surface area contributed by atoms with E-state index in [2.05, 4.69) is 34.3 Å². The van der Waals surface area contributed by atoms with Crippen molar-refractivity contribution in [3.05, 3.63) is 11.6 Å². The van der Waals surface area contributed by atoms with Crippen molar-refractivity contribution >= 4 is 11.9 Å². The number of carboxylic acid groups (broad SMARTS) is 1. The first kappa shape index (κ1) is 31.6. The van der Waals surface area contributed by atoms with Crippen LogP contribution in [0.5, 0.6) is 0 Å². The van der Waals surface area contributed by atoms with Crippen LogP contribution in [-0.2, 0) is 9.59 Å². The number of unbranched alkanes of at least 4 members (excludes halogenated alkanes) is 7. The molecule has 7 nitrogen and oxygen atoms in total. The Kier molecular flexibility index (Phi) is 19.7. The van der Waals surface area contributed by atoms with Crippen molar-refractivity contribution in [2.45, 2.75) is 96.8 Å². The Bertz CT molecular complexity index is 583. The number of amides is 1. The number of rotatable bonds is 23. The summed E-state index contributed by atoms with van der Waals surface area (Å²) >= 11 is 0. The Morgan fingerprint density at radius 1 is 0.886 bits per heavy atom. The van der Waals surface area contributed by atoms with Crippen molar-refractivity contribution in [2.24, 2.45) is 11.8 Å². The summed E-state index contributed by atoms with van der Waals surface area (Å²) in [7, 11) is 1.95. The van der Waals surface area contributed by atoms with Gasteiger partial charge in [-0.15, -0.1) is 0 Å². The maximum Gasteiger partial charge on any atom is 0.306 e. The highest BCUT2D eigenvalue weighted by Gasteiger charge is 2.27. The summed E-state index contributed by atoms with van der Waals surface area (Å²) < 4.78 is 0. The number of hydrogen-bond donors (Lipinski definition) is 5. The van der Waals surface area contributed by atoms with Gasteiger partial charge in [0.1, 0.15) is 0 Å². The fourth-order valence-electron chi connectivity index (χ4n) is 4.83. The Labute approximate surface area is 214 Å². The first-order valence-corrected chi connectivity index (χ1v) is 14.3. The minimum Gasteiger partial charge on any atom is -0.481 e. The predicted octanol–water partition coefficient (Wildman–Crippen LogP) is 4.24. The lowest BCUT2D eigenvalue weighted by Gasteiger charge is -2.26. The standard InChI is InChI=1S/C28H54N4O3/c1-3-4-5-9-12-24-21-25(23-26(22-24)28(34)35)13-10-7-6-8-11-14-27(33)32-20-19-31-18-17-30-16-15-29-2/h21,24,26,29-31H,3-20,22-23H2,1-2H3,(H,32,33)(H,34,35). The summed E-state index contributed by atoms with van der Waals surface area (Å²) in [5, 5.41) is 22.3. The lowest BCUT2D eigenvalue weighted by molar-refractivity contribution is -0.142. The SMILES string of the molecule is CCCCCCC1C=C(CCCCCCCC(=O)NCCNCCNCCNC)CC(C(=O)O)C1. The van der Waals surface area contributed by atoms with Crippen molar-refractivity contribution in [2.75, 3.05) is 46.3 Å². The van der Waals surface area contributed by atoms with Gasteiger partial charge in [0.25, 0.3) is 0 Å². The predicted molar refractivity (Wildman–Crippen MR) is 146 cm³/mol. The van der Waals surface area contributed by atoms with E-state index in [1.165, 1.54) is 31.3 Å². The van der Waals surface area contributed by atoms with Gasteiger partial charge in [-0.05, 0) is 51.5 Å². The molecule has 2 unspecified atom stereocenters. The van der Waals surface area contributed by atoms with Gasteiger partial charge in [0, 0.05) is 45.7 Å². The van der Waals surface area contributed by atoms with E-state index in [-0.39, 0.29) is 11.8 Å². The average molecular weight is 495 g/mol. The molecule has 2 atom stereocenters. The largest absolute Gasteiger partial charge is 0.481 e. The molecule has 35 heavy (non-hydrogen) atoms. The van der Waals surface area contributed by atoms with Crippen LogP contribution in [-0.4, -0.2) is 63.3 Å². The zero-order valence-electron chi connectivity index (χ0n) is 22.6. The summed E-state index contributed by atoms with van der Waals surface area (Å²) in [4.78, 5) is 23.6. The molecular formula is C28H54N4O3. The molecule has 0 aromatic heterocycles. The van der Waals surface area contributed by atoms with Crippen LogP contribution in [0, 0.1) is 11.8 Å². The smallest absolute Gasteiger partial charge is 0.306 e. The molecule has 0 fully saturated rings. The van der Waals surface area contributed by atoms with Crippen molar-refractivity contribution in [1.29, 1.82) is 0 Å². The molecule has 1 aliphatic rings. The third-order valence-corrected chi connectivity index (χ3v) is 6.90. The van der Waals surface area contributed by atoms with Gasteiger partial charge in [-0.2, -0.15) is 0 Å². The van der Waals surface area contributed by atoms with E-state index in [4.69, 9.17) is 0 Å². The molecule has 7 heteroatoms. The summed E-state index contributed by atoms with van der Waals surface area (Å²) in [6.45, 7) is 7.50. The summed E-state index contributed by atoms with van der Waals surface area (Å²) in [6.07, 6.45) is 17.2. The highest BCUT2D eigenvalue weighted by molar-refractivity contribution is 5.75. The van der Waals surface area contributed by atoms with Gasteiger partial charge < -0.3 is 26.4 Å². The molecule has 0 spiro atoms. The number of allylic oxidation sites excluding steroid dienone is 2. The van der Waals surface area contributed by atoms with Gasteiger partial charge in [-0.1, -0.05) is 63.5 Å². The molecular weight excluding hydrogens is 440 g/mol. The zero-order chi connectivity index (χ0) is 25.6. The molecule has 0 saturated carbocycles. The molecule has 0 radical (unpaired) electrons. The van der Waals surface area contributed by atoms with Crippen LogP contribution in [0.15, 0.2) is 11.6 Å². The monoisotopic (exact) mass is 494 g/mol. The number of carbonyl (C=O) groups excluding carboxylic acids is 1. The maximum absolute atomic E-state index is 12.0. The Morgan fingerprint density at radius 2 is 1.54 bits per heavy atom. The van der Waals surface area contributed by atoms with Gasteiger partial charge >= 0.3 is 5.97 Å². The summed E-state index contributed by atoms with van der Waals surface area (Å²) in [5.41, 5.74) is 1.37. The highest BCUT2D eigenvalue weighted by atomic mass is 16.4. The number of nitrogens with one attached hydrogen (secondary N) is 4. The molecule has 0 aromatic rings. The van der Waals surface area contributed by atoms with Gasteiger partial charge in [0.05, 0.1) is 5.92 Å². The van der Waals surface area contributed by atoms with Crippen LogP contribution >= 0.6 is 0 Å². The minimum atomic E-state index is -0.625. The molecule has 0 aromatic carbocycles. The Morgan fingerprint density at radius 3 is 2.26 bits per heavy atom. The minimum absolute atomic E-state index is 0.149. The Balaban J connectivity index is 2.05. The molecule has 1 aliphatic carbocycles. The van der Waals surface area contributed by atoms with Crippen LogP contribution in [0.1, 0.15) is 96.8 Å². The first-order chi connectivity index (χ1) is 17.1. The van der Waals surface area contributed by atoms with E-state index in [1.807, 2.05) is 7.05 Å². The third-order valence-electron chi connectivity index (χ3n) is 6.90. The van der Waals surface area contributed by atoms with Crippen molar-refractivity contribution in [3.63, 3.8) is 0 Å². The van der Waals surface area contributed by atoms with E-state index in [9.17, 15) is 14.7 Å². The van der Waals surface area contributed by atoms with Gasteiger partial charge in [-0.25, -0.2) is 0 Å². The van der Waals surface area contributed by atoms with Crippen LogP contribution < -0.4 is 21.3 Å². The van der Waals surface area contributed by atoms with Crippen LogP contribution in [0.25, 0.3) is 0 Å². The Hall–Kier alpha value is -1.44. The molecule has 1 amide bonds. The number of aliphatic carboxylic acids is 1. The number of carboxylic acids is 1. The van der Waals surface area contributed by atoms with E-state index in [0.29, 0.717) is 18.9 Å². The normalized spacial score (nSPS) is 17.8. The van der Waals surface area contributed by atoms with E-state index in [0.717, 1.165) is 90.5 Å². The molecule has 0 saturated heterocycles. The van der Waals surface area contributed by atoms with E-state index in [1.54, 1.807) is 0 Å². The second kappa shape index (κ2) is 21.8.